The summed E-state index contributed by atoms with van der Waals surface area (Å²) in [4.78, 5) is 18.3. The van der Waals surface area contributed by atoms with Gasteiger partial charge >= 0.3 is 0 Å². The van der Waals surface area contributed by atoms with E-state index in [1.54, 1.807) is 17.3 Å². The second-order valence-corrected chi connectivity index (χ2v) is 6.07. The molecule has 1 aromatic heterocycles. The van der Waals surface area contributed by atoms with Crippen LogP contribution in [0.15, 0.2) is 42.7 Å². The number of aromatic nitrogens is 1. The van der Waals surface area contributed by atoms with E-state index in [-0.39, 0.29) is 34.9 Å². The summed E-state index contributed by atoms with van der Waals surface area (Å²) in [6.07, 6.45) is 3.40. The molecule has 0 unspecified atom stereocenters. The number of aliphatic hydroxyl groups is 1. The fourth-order valence-corrected chi connectivity index (χ4v) is 3.29. The zero-order valence-corrected chi connectivity index (χ0v) is 13.1. The summed E-state index contributed by atoms with van der Waals surface area (Å²) in [5.41, 5.74) is 1.32. The lowest BCUT2D eigenvalue weighted by Crippen LogP contribution is -2.29. The van der Waals surface area contributed by atoms with Crippen molar-refractivity contribution >= 4 is 17.5 Å². The van der Waals surface area contributed by atoms with Gasteiger partial charge in [0.25, 0.3) is 5.91 Å². The van der Waals surface area contributed by atoms with E-state index in [9.17, 15) is 14.3 Å². The van der Waals surface area contributed by atoms with Crippen molar-refractivity contribution in [1.82, 2.24) is 9.88 Å². The highest BCUT2D eigenvalue weighted by Crippen LogP contribution is 2.33. The van der Waals surface area contributed by atoms with E-state index in [0.29, 0.717) is 13.1 Å². The molecule has 1 saturated heterocycles. The normalized spacial score (nSPS) is 20.7. The third-order valence-corrected chi connectivity index (χ3v) is 4.57. The first kappa shape index (κ1) is 15.9. The second kappa shape index (κ2) is 6.64. The summed E-state index contributed by atoms with van der Waals surface area (Å²) < 4.78 is 13.1. The summed E-state index contributed by atoms with van der Waals surface area (Å²) in [5, 5.41) is 9.73. The maximum absolute atomic E-state index is 13.1. The van der Waals surface area contributed by atoms with Gasteiger partial charge in [0, 0.05) is 43.9 Å². The molecule has 120 valence electrons. The number of pyridine rings is 1. The molecule has 4 nitrogen and oxygen atoms in total. The monoisotopic (exact) mass is 334 g/mol. The van der Waals surface area contributed by atoms with Gasteiger partial charge in [0.05, 0.1) is 10.6 Å². The van der Waals surface area contributed by atoms with Gasteiger partial charge < -0.3 is 10.0 Å². The minimum absolute atomic E-state index is 0.00603. The third kappa shape index (κ3) is 3.21. The first-order valence-corrected chi connectivity index (χ1v) is 7.73. The Balaban J connectivity index is 1.83. The highest BCUT2D eigenvalue weighted by atomic mass is 35.5. The summed E-state index contributed by atoms with van der Waals surface area (Å²) in [6, 6.07) is 7.54. The van der Waals surface area contributed by atoms with Crippen molar-refractivity contribution in [3.63, 3.8) is 0 Å². The molecule has 1 aromatic carbocycles. The highest BCUT2D eigenvalue weighted by Gasteiger charge is 2.36. The van der Waals surface area contributed by atoms with E-state index in [4.69, 9.17) is 11.6 Å². The molecule has 1 fully saturated rings. The van der Waals surface area contributed by atoms with Crippen molar-refractivity contribution < 1.29 is 14.3 Å². The second-order valence-electron chi connectivity index (χ2n) is 5.66. The molecule has 0 radical (unpaired) electrons. The van der Waals surface area contributed by atoms with Gasteiger partial charge in [0.2, 0.25) is 0 Å². The topological polar surface area (TPSA) is 53.4 Å². The number of benzene rings is 1. The first-order chi connectivity index (χ1) is 11.1. The minimum atomic E-state index is -0.476. The van der Waals surface area contributed by atoms with E-state index in [0.717, 1.165) is 11.6 Å². The van der Waals surface area contributed by atoms with Crippen LogP contribution in [0, 0.1) is 11.7 Å². The van der Waals surface area contributed by atoms with Gasteiger partial charge in [-0.25, -0.2) is 4.39 Å². The lowest BCUT2D eigenvalue weighted by molar-refractivity contribution is 0.0781. The molecular formula is C17H16ClFN2O2. The summed E-state index contributed by atoms with van der Waals surface area (Å²) in [7, 11) is 0. The van der Waals surface area contributed by atoms with Crippen LogP contribution in [0.4, 0.5) is 4.39 Å². The molecule has 1 aliphatic rings. The van der Waals surface area contributed by atoms with E-state index in [2.05, 4.69) is 4.98 Å². The van der Waals surface area contributed by atoms with Crippen molar-refractivity contribution in [2.24, 2.45) is 5.92 Å². The Bertz CT molecular complexity index is 711. The van der Waals surface area contributed by atoms with Crippen molar-refractivity contribution in [3.8, 4) is 0 Å². The number of amides is 1. The van der Waals surface area contributed by atoms with Gasteiger partial charge in [-0.3, -0.25) is 9.78 Å². The predicted molar refractivity (Wildman–Crippen MR) is 84.9 cm³/mol. The van der Waals surface area contributed by atoms with Crippen LogP contribution < -0.4 is 0 Å². The van der Waals surface area contributed by atoms with Crippen LogP contribution in [-0.4, -0.2) is 40.6 Å². The van der Waals surface area contributed by atoms with Crippen LogP contribution in [0.1, 0.15) is 21.8 Å². The molecule has 6 heteroatoms. The van der Waals surface area contributed by atoms with Crippen molar-refractivity contribution in [1.29, 1.82) is 0 Å². The molecule has 1 aliphatic heterocycles. The maximum atomic E-state index is 13.1. The molecule has 0 saturated carbocycles. The molecule has 3 rings (SSSR count). The Morgan fingerprint density at radius 1 is 1.30 bits per heavy atom. The molecule has 2 heterocycles. The number of carbonyl (C=O) groups is 1. The Kier molecular flexibility index (Phi) is 4.59. The van der Waals surface area contributed by atoms with Crippen LogP contribution in [0.5, 0.6) is 0 Å². The number of rotatable bonds is 3. The number of carbonyl (C=O) groups excluding carboxylic acids is 1. The summed E-state index contributed by atoms with van der Waals surface area (Å²) >= 11 is 5.98. The number of hydrogen-bond acceptors (Lipinski definition) is 3. The molecule has 0 bridgehead atoms. The van der Waals surface area contributed by atoms with Gasteiger partial charge in [-0.15, -0.1) is 0 Å². The van der Waals surface area contributed by atoms with E-state index in [1.807, 2.05) is 12.1 Å². The lowest BCUT2D eigenvalue weighted by atomic mass is 9.90. The Morgan fingerprint density at radius 2 is 2.04 bits per heavy atom. The number of halogens is 2. The fourth-order valence-electron chi connectivity index (χ4n) is 3.04. The fraction of sp³-hybridized carbons (Fsp3) is 0.294. The molecule has 2 atom stereocenters. The van der Waals surface area contributed by atoms with Crippen molar-refractivity contribution in [2.75, 3.05) is 19.7 Å². The van der Waals surface area contributed by atoms with Crippen LogP contribution in [0.25, 0.3) is 0 Å². The standard InChI is InChI=1S/C17H16ClFN2O2/c18-16-7-13(19)1-2-14(16)17(23)21-8-12(10-22)15(9-21)11-3-5-20-6-4-11/h1-7,12,15,22H,8-10H2/t12-,15-/m0/s1. The molecule has 0 spiro atoms. The smallest absolute Gasteiger partial charge is 0.255 e. The van der Waals surface area contributed by atoms with Crippen LogP contribution in [0.3, 0.4) is 0 Å². The zero-order valence-electron chi connectivity index (χ0n) is 12.3. The van der Waals surface area contributed by atoms with E-state index in [1.165, 1.54) is 12.1 Å². The molecule has 2 aromatic rings. The number of nitrogens with zero attached hydrogens (tertiary/aromatic N) is 2. The molecule has 23 heavy (non-hydrogen) atoms. The minimum Gasteiger partial charge on any atom is -0.396 e. The average Bonchev–Trinajstić information content (AvgIpc) is 2.99. The number of aliphatic hydroxyl groups excluding tert-OH is 1. The van der Waals surface area contributed by atoms with Gasteiger partial charge in [-0.2, -0.15) is 0 Å². The van der Waals surface area contributed by atoms with Gasteiger partial charge in [-0.05, 0) is 35.9 Å². The van der Waals surface area contributed by atoms with E-state index >= 15 is 0 Å². The lowest BCUT2D eigenvalue weighted by Gasteiger charge is -2.17. The largest absolute Gasteiger partial charge is 0.396 e. The summed E-state index contributed by atoms with van der Waals surface area (Å²) in [5.74, 6) is -0.715. The van der Waals surface area contributed by atoms with Crippen molar-refractivity contribution in [3.05, 3.63) is 64.7 Å². The van der Waals surface area contributed by atoms with Gasteiger partial charge in [0.15, 0.2) is 0 Å². The third-order valence-electron chi connectivity index (χ3n) is 4.26. The molecule has 1 amide bonds. The predicted octanol–water partition coefficient (Wildman–Crippen LogP) is 2.72. The van der Waals surface area contributed by atoms with Crippen LogP contribution in [-0.2, 0) is 0 Å². The zero-order chi connectivity index (χ0) is 16.4. The Labute approximate surface area is 138 Å². The van der Waals surface area contributed by atoms with Crippen LogP contribution >= 0.6 is 11.6 Å². The van der Waals surface area contributed by atoms with Crippen molar-refractivity contribution in [2.45, 2.75) is 5.92 Å². The maximum Gasteiger partial charge on any atom is 0.255 e. The first-order valence-electron chi connectivity index (χ1n) is 7.35. The molecule has 1 N–H and O–H groups in total. The average molecular weight is 335 g/mol. The molecular weight excluding hydrogens is 319 g/mol. The quantitative estimate of drug-likeness (QED) is 0.939. The number of hydrogen-bond donors (Lipinski definition) is 1. The molecule has 0 aliphatic carbocycles. The SMILES string of the molecule is O=C(c1ccc(F)cc1Cl)N1C[C@@H](CO)[C@H](c2ccncc2)C1. The highest BCUT2D eigenvalue weighted by molar-refractivity contribution is 6.33. The van der Waals surface area contributed by atoms with E-state index < -0.39 is 5.82 Å². The Hall–Kier alpha value is -1.98. The van der Waals surface area contributed by atoms with Crippen LogP contribution in [0.2, 0.25) is 5.02 Å². The summed E-state index contributed by atoms with van der Waals surface area (Å²) in [6.45, 7) is 0.922. The van der Waals surface area contributed by atoms with Gasteiger partial charge in [-0.1, -0.05) is 11.6 Å². The van der Waals surface area contributed by atoms with Gasteiger partial charge in [0.1, 0.15) is 5.82 Å². The Morgan fingerprint density at radius 3 is 2.70 bits per heavy atom. The number of likely N-dealkylation sites (tertiary alicyclic amines) is 1.